The first kappa shape index (κ1) is 28.7. The molecular formula is C25H24F3N3O6S. The largest absolute Gasteiger partial charge is 0.487 e. The molecule has 2 aromatic carbocycles. The van der Waals surface area contributed by atoms with Crippen molar-refractivity contribution in [3.63, 3.8) is 0 Å². The molecule has 0 aliphatic rings. The Morgan fingerprint density at radius 3 is 2.47 bits per heavy atom. The summed E-state index contributed by atoms with van der Waals surface area (Å²) >= 11 is 0. The monoisotopic (exact) mass is 551 g/mol. The fourth-order valence-corrected chi connectivity index (χ4v) is 4.25. The number of alkyl halides is 3. The van der Waals surface area contributed by atoms with Crippen molar-refractivity contribution in [3.05, 3.63) is 71.1 Å². The summed E-state index contributed by atoms with van der Waals surface area (Å²) in [4.78, 5) is 20.7. The van der Waals surface area contributed by atoms with Gasteiger partial charge in [-0.2, -0.15) is 25.9 Å². The van der Waals surface area contributed by atoms with Crippen LogP contribution in [-0.4, -0.2) is 41.7 Å². The van der Waals surface area contributed by atoms with E-state index in [9.17, 15) is 26.4 Å². The molecule has 0 N–H and O–H groups in total. The van der Waals surface area contributed by atoms with Crippen LogP contribution in [0, 0.1) is 19.3 Å². The van der Waals surface area contributed by atoms with E-state index in [2.05, 4.69) is 10.9 Å². The third-order valence-corrected chi connectivity index (χ3v) is 6.77. The maximum Gasteiger partial charge on any atom is 0.416 e. The molecule has 3 rings (SSSR count). The van der Waals surface area contributed by atoms with E-state index >= 15 is 0 Å². The van der Waals surface area contributed by atoms with Gasteiger partial charge in [0.2, 0.25) is 5.89 Å². The second kappa shape index (κ2) is 11.7. The van der Waals surface area contributed by atoms with E-state index < -0.39 is 27.9 Å². The summed E-state index contributed by atoms with van der Waals surface area (Å²) in [6.45, 7) is 2.15. The zero-order chi connectivity index (χ0) is 28.1. The number of carbonyl (C=O) groups excluding carboxylic acids is 1. The number of halogens is 3. The number of hydrogen-bond acceptors (Lipinski definition) is 7. The van der Waals surface area contributed by atoms with Gasteiger partial charge in [-0.05, 0) is 53.4 Å². The van der Waals surface area contributed by atoms with Crippen LogP contribution in [-0.2, 0) is 39.2 Å². The molecule has 0 unspecified atom stereocenters. The Morgan fingerprint density at radius 2 is 1.87 bits per heavy atom. The number of benzene rings is 2. The molecule has 0 atom stereocenters. The molecule has 0 radical (unpaired) electrons. The molecule has 1 aromatic heterocycles. The molecule has 0 fully saturated rings. The van der Waals surface area contributed by atoms with Crippen molar-refractivity contribution in [1.29, 1.82) is 0 Å². The zero-order valence-corrected chi connectivity index (χ0v) is 21.5. The summed E-state index contributed by atoms with van der Waals surface area (Å²) in [6.07, 6.45) is 0.747. The van der Waals surface area contributed by atoms with Crippen LogP contribution in [0.25, 0.3) is 11.5 Å². The smallest absolute Gasteiger partial charge is 0.416 e. The second-order valence-electron chi connectivity index (χ2n) is 8.04. The van der Waals surface area contributed by atoms with Crippen molar-refractivity contribution in [2.45, 2.75) is 33.2 Å². The summed E-state index contributed by atoms with van der Waals surface area (Å²) in [5.41, 5.74) is 0.459. The summed E-state index contributed by atoms with van der Waals surface area (Å²) in [7, 11) is -2.95. The predicted molar refractivity (Wildman–Crippen MR) is 130 cm³/mol. The highest BCUT2D eigenvalue weighted by Crippen LogP contribution is 2.31. The fourth-order valence-electron chi connectivity index (χ4n) is 3.19. The number of aryl methyl sites for hydroxylation is 1. The minimum absolute atomic E-state index is 0.0315. The maximum absolute atomic E-state index is 12.8. The first-order valence-corrected chi connectivity index (χ1v) is 12.4. The van der Waals surface area contributed by atoms with Gasteiger partial charge >= 0.3 is 22.4 Å². The molecule has 13 heteroatoms. The van der Waals surface area contributed by atoms with Crippen molar-refractivity contribution in [3.8, 4) is 29.5 Å². The van der Waals surface area contributed by atoms with Crippen LogP contribution in [0.2, 0.25) is 0 Å². The molecule has 38 heavy (non-hydrogen) atoms. The Kier molecular flexibility index (Phi) is 8.82. The molecule has 0 saturated carbocycles. The SMILES string of the molecule is C#CCN(C)S(=O)(=O)N(Cc1cccc(OCc2nc(-c3ccc(C(F)(F)F)cc3)oc2C)c1)OC(C)=O. The first-order chi connectivity index (χ1) is 17.8. The van der Waals surface area contributed by atoms with Gasteiger partial charge in [0, 0.05) is 19.5 Å². The Morgan fingerprint density at radius 1 is 1.18 bits per heavy atom. The molecule has 3 aromatic rings. The van der Waals surface area contributed by atoms with Gasteiger partial charge in [0.15, 0.2) is 0 Å². The fraction of sp³-hybridized carbons (Fsp3) is 0.280. The van der Waals surface area contributed by atoms with Crippen LogP contribution in [0.15, 0.2) is 52.9 Å². The molecule has 202 valence electrons. The third kappa shape index (κ3) is 7.12. The Hall–Kier alpha value is -3.86. The van der Waals surface area contributed by atoms with Crippen LogP contribution in [0.3, 0.4) is 0 Å². The standard InChI is InChI=1S/C25H24F3N3O6S/c1-5-13-30(4)38(33,34)31(37-18(3)32)15-19-7-6-8-22(14-19)35-16-23-17(2)36-24(29-23)20-9-11-21(12-10-20)25(26,27)28/h1,6-12,14H,13,15-16H2,2-4H3. The van der Waals surface area contributed by atoms with Crippen molar-refractivity contribution in [2.24, 2.45) is 0 Å². The molecule has 0 aliphatic carbocycles. The van der Waals surface area contributed by atoms with Gasteiger partial charge in [0.05, 0.1) is 18.7 Å². The number of hydroxylamine groups is 1. The van der Waals surface area contributed by atoms with Gasteiger partial charge in [-0.25, -0.2) is 4.98 Å². The first-order valence-electron chi connectivity index (χ1n) is 11.0. The van der Waals surface area contributed by atoms with Crippen molar-refractivity contribution in [2.75, 3.05) is 13.6 Å². The van der Waals surface area contributed by atoms with Crippen LogP contribution < -0.4 is 4.74 Å². The maximum atomic E-state index is 12.8. The van der Waals surface area contributed by atoms with Gasteiger partial charge in [-0.15, -0.1) is 6.42 Å². The summed E-state index contributed by atoms with van der Waals surface area (Å²) in [5, 5.41) is 0. The van der Waals surface area contributed by atoms with Gasteiger partial charge < -0.3 is 14.0 Å². The van der Waals surface area contributed by atoms with E-state index in [1.54, 1.807) is 31.2 Å². The molecule has 0 amide bonds. The summed E-state index contributed by atoms with van der Waals surface area (Å²) in [6, 6.07) is 10.9. The third-order valence-electron chi connectivity index (χ3n) is 5.13. The van der Waals surface area contributed by atoms with E-state index in [1.165, 1.54) is 19.2 Å². The zero-order valence-electron chi connectivity index (χ0n) is 20.7. The lowest BCUT2D eigenvalue weighted by molar-refractivity contribution is -0.168. The van der Waals surface area contributed by atoms with Crippen molar-refractivity contribution in [1.82, 2.24) is 13.8 Å². The lowest BCUT2D eigenvalue weighted by atomic mass is 10.1. The number of rotatable bonds is 10. The molecule has 9 nitrogen and oxygen atoms in total. The van der Waals surface area contributed by atoms with Crippen LogP contribution in [0.1, 0.15) is 29.5 Å². The number of oxazole rings is 1. The van der Waals surface area contributed by atoms with Crippen molar-refractivity contribution < 1.29 is 40.4 Å². The minimum Gasteiger partial charge on any atom is -0.487 e. The minimum atomic E-state index is -4.45. The number of nitrogens with zero attached hydrogens (tertiary/aromatic N) is 3. The van der Waals surface area contributed by atoms with Crippen LogP contribution in [0.4, 0.5) is 13.2 Å². The molecule has 0 bridgehead atoms. The molecule has 0 spiro atoms. The van der Waals surface area contributed by atoms with Crippen LogP contribution >= 0.6 is 0 Å². The highest BCUT2D eigenvalue weighted by atomic mass is 32.2. The van der Waals surface area contributed by atoms with E-state index in [0.717, 1.165) is 23.4 Å². The van der Waals surface area contributed by atoms with Crippen molar-refractivity contribution >= 4 is 16.2 Å². The lowest BCUT2D eigenvalue weighted by Crippen LogP contribution is -2.42. The average Bonchev–Trinajstić information content (AvgIpc) is 3.22. The van der Waals surface area contributed by atoms with E-state index in [0.29, 0.717) is 32.8 Å². The van der Waals surface area contributed by atoms with Gasteiger partial charge in [-0.3, -0.25) is 4.79 Å². The number of aromatic nitrogens is 1. The number of carbonyl (C=O) groups is 1. The molecule has 1 heterocycles. The average molecular weight is 552 g/mol. The number of hydrogen-bond donors (Lipinski definition) is 0. The van der Waals surface area contributed by atoms with E-state index in [4.69, 9.17) is 20.4 Å². The lowest BCUT2D eigenvalue weighted by Gasteiger charge is -2.24. The van der Waals surface area contributed by atoms with Crippen LogP contribution in [0.5, 0.6) is 5.75 Å². The topological polar surface area (TPSA) is 102 Å². The number of ether oxygens (including phenoxy) is 1. The van der Waals surface area contributed by atoms with Gasteiger partial charge in [0.1, 0.15) is 23.8 Å². The van der Waals surface area contributed by atoms with E-state index in [-0.39, 0.29) is 25.6 Å². The Labute approximate surface area is 217 Å². The van der Waals surface area contributed by atoms with E-state index in [1.807, 2.05) is 0 Å². The Bertz CT molecular complexity index is 1430. The Balaban J connectivity index is 1.73. The van der Waals surface area contributed by atoms with Gasteiger partial charge in [0.25, 0.3) is 0 Å². The highest BCUT2D eigenvalue weighted by Gasteiger charge is 2.31. The quantitative estimate of drug-likeness (QED) is 0.273. The van der Waals surface area contributed by atoms with Gasteiger partial charge in [-0.1, -0.05) is 18.1 Å². The number of terminal acetylenes is 1. The highest BCUT2D eigenvalue weighted by molar-refractivity contribution is 7.86. The second-order valence-corrected chi connectivity index (χ2v) is 9.97. The molecular weight excluding hydrogens is 527 g/mol. The summed E-state index contributed by atoms with van der Waals surface area (Å²) < 4.78 is 76.7. The predicted octanol–water partition coefficient (Wildman–Crippen LogP) is 4.34. The normalized spacial score (nSPS) is 12.0. The molecule has 0 saturated heterocycles. The summed E-state index contributed by atoms with van der Waals surface area (Å²) in [5.74, 6) is 2.30. The molecule has 0 aliphatic heterocycles.